The van der Waals surface area contributed by atoms with Gasteiger partial charge in [0.15, 0.2) is 0 Å². The fourth-order valence-corrected chi connectivity index (χ4v) is 3.79. The first-order valence-electron chi connectivity index (χ1n) is 10.1. The Morgan fingerprint density at radius 2 is 1.73 bits per heavy atom. The number of rotatable bonds is 7. The minimum atomic E-state index is -0.375. The molecule has 1 unspecified atom stereocenters. The van der Waals surface area contributed by atoms with E-state index in [0.29, 0.717) is 19.6 Å². The number of anilines is 1. The Balaban J connectivity index is 1.20. The van der Waals surface area contributed by atoms with E-state index in [1.54, 1.807) is 4.90 Å². The molecule has 3 aromatic rings. The predicted molar refractivity (Wildman–Crippen MR) is 115 cm³/mol. The molecule has 1 fully saturated rings. The van der Waals surface area contributed by atoms with Crippen LogP contribution in [0.1, 0.15) is 12.0 Å². The SMILES string of the molecule is O=C(Cc1c[nH]c2ccccc12)NCCNC(=O)C1CC(=O)N(c2ccccc2)C1. The largest absolute Gasteiger partial charge is 0.361 e. The molecule has 7 heteroatoms. The number of benzene rings is 2. The third kappa shape index (κ3) is 4.35. The quantitative estimate of drug-likeness (QED) is 0.526. The van der Waals surface area contributed by atoms with Gasteiger partial charge < -0.3 is 20.5 Å². The molecule has 1 aromatic heterocycles. The van der Waals surface area contributed by atoms with Gasteiger partial charge in [-0.25, -0.2) is 0 Å². The summed E-state index contributed by atoms with van der Waals surface area (Å²) in [4.78, 5) is 41.7. The van der Waals surface area contributed by atoms with E-state index in [1.165, 1.54) is 0 Å². The Hall–Kier alpha value is -3.61. The van der Waals surface area contributed by atoms with Crippen molar-refractivity contribution in [2.45, 2.75) is 12.8 Å². The third-order valence-electron chi connectivity index (χ3n) is 5.34. The lowest BCUT2D eigenvalue weighted by Crippen LogP contribution is -2.38. The second-order valence-corrected chi connectivity index (χ2v) is 7.42. The molecule has 7 nitrogen and oxygen atoms in total. The highest BCUT2D eigenvalue weighted by molar-refractivity contribution is 6.00. The molecule has 1 atom stereocenters. The maximum atomic E-state index is 12.4. The highest BCUT2D eigenvalue weighted by Crippen LogP contribution is 2.24. The molecular weight excluding hydrogens is 380 g/mol. The van der Waals surface area contributed by atoms with Crippen molar-refractivity contribution >= 4 is 34.3 Å². The molecule has 2 aromatic carbocycles. The van der Waals surface area contributed by atoms with Gasteiger partial charge in [0.1, 0.15) is 0 Å². The molecule has 1 saturated heterocycles. The third-order valence-corrected chi connectivity index (χ3v) is 5.34. The molecule has 2 heterocycles. The summed E-state index contributed by atoms with van der Waals surface area (Å²) in [5.41, 5.74) is 2.75. The van der Waals surface area contributed by atoms with Gasteiger partial charge in [0.05, 0.1) is 12.3 Å². The lowest BCUT2D eigenvalue weighted by molar-refractivity contribution is -0.126. The van der Waals surface area contributed by atoms with Crippen LogP contribution in [0.4, 0.5) is 5.69 Å². The first-order valence-corrected chi connectivity index (χ1v) is 10.1. The number of aromatic nitrogens is 1. The van der Waals surface area contributed by atoms with Gasteiger partial charge >= 0.3 is 0 Å². The first kappa shape index (κ1) is 19.7. The number of fused-ring (bicyclic) bond motifs is 1. The van der Waals surface area contributed by atoms with Gasteiger partial charge in [-0.3, -0.25) is 14.4 Å². The van der Waals surface area contributed by atoms with E-state index in [9.17, 15) is 14.4 Å². The smallest absolute Gasteiger partial charge is 0.227 e. The van der Waals surface area contributed by atoms with Crippen LogP contribution < -0.4 is 15.5 Å². The monoisotopic (exact) mass is 404 g/mol. The van der Waals surface area contributed by atoms with Crippen LogP contribution in [-0.2, 0) is 20.8 Å². The Morgan fingerprint density at radius 1 is 1.00 bits per heavy atom. The zero-order valence-electron chi connectivity index (χ0n) is 16.6. The number of carbonyl (C=O) groups is 3. The molecule has 0 spiro atoms. The average molecular weight is 404 g/mol. The fourth-order valence-electron chi connectivity index (χ4n) is 3.79. The summed E-state index contributed by atoms with van der Waals surface area (Å²) >= 11 is 0. The van der Waals surface area contributed by atoms with Crippen molar-refractivity contribution in [1.82, 2.24) is 15.6 Å². The van der Waals surface area contributed by atoms with Gasteiger partial charge in [-0.05, 0) is 23.8 Å². The second kappa shape index (κ2) is 8.82. The molecule has 1 aliphatic heterocycles. The summed E-state index contributed by atoms with van der Waals surface area (Å²) in [6.07, 6.45) is 2.33. The summed E-state index contributed by atoms with van der Waals surface area (Å²) in [6.45, 7) is 1.05. The molecule has 3 amide bonds. The van der Waals surface area contributed by atoms with E-state index in [2.05, 4.69) is 15.6 Å². The van der Waals surface area contributed by atoms with Crippen LogP contribution in [0.25, 0.3) is 10.9 Å². The van der Waals surface area contributed by atoms with Crippen LogP contribution >= 0.6 is 0 Å². The molecule has 30 heavy (non-hydrogen) atoms. The minimum Gasteiger partial charge on any atom is -0.361 e. The van der Waals surface area contributed by atoms with E-state index < -0.39 is 0 Å². The maximum absolute atomic E-state index is 12.4. The number of amides is 3. The number of carbonyl (C=O) groups excluding carboxylic acids is 3. The molecule has 4 rings (SSSR count). The molecule has 154 valence electrons. The Morgan fingerprint density at radius 3 is 2.57 bits per heavy atom. The topological polar surface area (TPSA) is 94.3 Å². The van der Waals surface area contributed by atoms with Crippen LogP contribution in [0.3, 0.4) is 0 Å². The van der Waals surface area contributed by atoms with Crippen molar-refractivity contribution in [3.63, 3.8) is 0 Å². The van der Waals surface area contributed by atoms with Gasteiger partial charge in [-0.15, -0.1) is 0 Å². The van der Waals surface area contributed by atoms with Crippen LogP contribution in [-0.4, -0.2) is 42.3 Å². The molecule has 0 bridgehead atoms. The maximum Gasteiger partial charge on any atom is 0.227 e. The number of hydrogen-bond donors (Lipinski definition) is 3. The van der Waals surface area contributed by atoms with Gasteiger partial charge in [0.2, 0.25) is 17.7 Å². The van der Waals surface area contributed by atoms with Crippen molar-refractivity contribution in [3.05, 3.63) is 66.4 Å². The van der Waals surface area contributed by atoms with Crippen LogP contribution in [0, 0.1) is 5.92 Å². The first-order chi connectivity index (χ1) is 14.6. The Kier molecular flexibility index (Phi) is 5.79. The predicted octanol–water partition coefficient (Wildman–Crippen LogP) is 2.00. The fraction of sp³-hybridized carbons (Fsp3) is 0.261. The molecule has 3 N–H and O–H groups in total. The van der Waals surface area contributed by atoms with E-state index in [-0.39, 0.29) is 36.5 Å². The van der Waals surface area contributed by atoms with Crippen molar-refractivity contribution in [3.8, 4) is 0 Å². The van der Waals surface area contributed by atoms with E-state index in [0.717, 1.165) is 22.2 Å². The van der Waals surface area contributed by atoms with Gasteiger partial charge in [-0.1, -0.05) is 36.4 Å². The van der Waals surface area contributed by atoms with E-state index in [4.69, 9.17) is 0 Å². The molecule has 0 aliphatic carbocycles. The van der Waals surface area contributed by atoms with Gasteiger partial charge in [-0.2, -0.15) is 0 Å². The van der Waals surface area contributed by atoms with Crippen molar-refractivity contribution in [2.24, 2.45) is 5.92 Å². The standard InChI is InChI=1S/C23H24N4O3/c28-21(12-16-14-26-20-9-5-4-8-19(16)20)24-10-11-25-23(30)17-13-22(29)27(15-17)18-6-2-1-3-7-18/h1-9,14,17,26H,10-13,15H2,(H,24,28)(H,25,30). The van der Waals surface area contributed by atoms with E-state index >= 15 is 0 Å². The average Bonchev–Trinajstić information content (AvgIpc) is 3.35. The Bertz CT molecular complexity index is 1060. The van der Waals surface area contributed by atoms with E-state index in [1.807, 2.05) is 60.8 Å². The summed E-state index contributed by atoms with van der Waals surface area (Å²) in [5.74, 6) is -0.680. The van der Waals surface area contributed by atoms with Crippen molar-refractivity contribution < 1.29 is 14.4 Å². The number of hydrogen-bond acceptors (Lipinski definition) is 3. The molecular formula is C23H24N4O3. The molecule has 0 saturated carbocycles. The highest BCUT2D eigenvalue weighted by atomic mass is 16.2. The normalized spacial score (nSPS) is 16.1. The lowest BCUT2D eigenvalue weighted by atomic mass is 10.1. The number of aromatic amines is 1. The number of nitrogens with one attached hydrogen (secondary N) is 3. The Labute approximate surface area is 174 Å². The lowest BCUT2D eigenvalue weighted by Gasteiger charge is -2.16. The van der Waals surface area contributed by atoms with Crippen molar-refractivity contribution in [1.29, 1.82) is 0 Å². The summed E-state index contributed by atoms with van der Waals surface area (Å²) in [7, 11) is 0. The summed E-state index contributed by atoms with van der Waals surface area (Å²) < 4.78 is 0. The number of nitrogens with zero attached hydrogens (tertiary/aromatic N) is 1. The van der Waals surface area contributed by atoms with Crippen LogP contribution in [0.5, 0.6) is 0 Å². The second-order valence-electron chi connectivity index (χ2n) is 7.42. The molecule has 1 aliphatic rings. The number of H-pyrrole nitrogens is 1. The molecule has 0 radical (unpaired) electrons. The zero-order chi connectivity index (χ0) is 20.9. The van der Waals surface area contributed by atoms with Crippen LogP contribution in [0.2, 0.25) is 0 Å². The number of para-hydroxylation sites is 2. The van der Waals surface area contributed by atoms with Crippen molar-refractivity contribution in [2.75, 3.05) is 24.5 Å². The minimum absolute atomic E-state index is 0.0478. The summed E-state index contributed by atoms with van der Waals surface area (Å²) in [5, 5.41) is 6.69. The summed E-state index contributed by atoms with van der Waals surface area (Å²) in [6, 6.07) is 17.2. The van der Waals surface area contributed by atoms with Gasteiger partial charge in [0, 0.05) is 48.8 Å². The highest BCUT2D eigenvalue weighted by Gasteiger charge is 2.34. The van der Waals surface area contributed by atoms with Crippen LogP contribution in [0.15, 0.2) is 60.8 Å². The van der Waals surface area contributed by atoms with Gasteiger partial charge in [0.25, 0.3) is 0 Å². The zero-order valence-corrected chi connectivity index (χ0v) is 16.6.